The number of alkyl halides is 3. The van der Waals surface area contributed by atoms with Crippen LogP contribution in [0.15, 0.2) is 29.2 Å². The number of hydrogen-bond donors (Lipinski definition) is 1. The van der Waals surface area contributed by atoms with Crippen LogP contribution < -0.4 is 5.32 Å². The molecule has 2 aliphatic heterocycles. The Balaban J connectivity index is 1.84. The van der Waals surface area contributed by atoms with Crippen molar-refractivity contribution in [1.29, 1.82) is 0 Å². The zero-order valence-electron chi connectivity index (χ0n) is 18.9. The quantitative estimate of drug-likeness (QED) is 0.679. The van der Waals surface area contributed by atoms with E-state index in [9.17, 15) is 26.4 Å². The van der Waals surface area contributed by atoms with E-state index in [1.807, 2.05) is 32.6 Å². The Morgan fingerprint density at radius 1 is 1.16 bits per heavy atom. The van der Waals surface area contributed by atoms with Crippen LogP contribution >= 0.6 is 0 Å². The van der Waals surface area contributed by atoms with Gasteiger partial charge >= 0.3 is 6.18 Å². The fraction of sp³-hybridized carbons (Fsp3) is 0.682. The number of rotatable bonds is 6. The Morgan fingerprint density at radius 3 is 2.31 bits per heavy atom. The molecule has 0 aliphatic carbocycles. The van der Waals surface area contributed by atoms with E-state index >= 15 is 0 Å². The van der Waals surface area contributed by atoms with Gasteiger partial charge in [-0.05, 0) is 50.3 Å². The van der Waals surface area contributed by atoms with Crippen molar-refractivity contribution in [1.82, 2.24) is 14.5 Å². The summed E-state index contributed by atoms with van der Waals surface area (Å²) in [7, 11) is -4.08. The maximum absolute atomic E-state index is 13.2. The van der Waals surface area contributed by atoms with Crippen molar-refractivity contribution in [2.75, 3.05) is 13.1 Å². The molecule has 2 saturated heterocycles. The van der Waals surface area contributed by atoms with Crippen LogP contribution in [-0.4, -0.2) is 54.4 Å². The monoisotopic (exact) mass is 475 g/mol. The van der Waals surface area contributed by atoms with Crippen molar-refractivity contribution < 1.29 is 26.4 Å². The molecule has 10 heteroatoms. The Bertz CT molecular complexity index is 943. The fourth-order valence-corrected chi connectivity index (χ4v) is 6.18. The van der Waals surface area contributed by atoms with Crippen LogP contribution in [0.5, 0.6) is 0 Å². The Morgan fingerprint density at radius 2 is 1.78 bits per heavy atom. The van der Waals surface area contributed by atoms with Crippen LogP contribution in [0.2, 0.25) is 0 Å². The number of halogens is 3. The summed E-state index contributed by atoms with van der Waals surface area (Å²) in [5.41, 5.74) is -1.63. The highest BCUT2D eigenvalue weighted by atomic mass is 32.2. The maximum atomic E-state index is 13.2. The largest absolute Gasteiger partial charge is 0.416 e. The first kappa shape index (κ1) is 25.0. The minimum atomic E-state index is -4.62. The molecule has 1 amide bonds. The van der Waals surface area contributed by atoms with E-state index in [0.717, 1.165) is 25.0 Å². The molecule has 1 aromatic rings. The van der Waals surface area contributed by atoms with Crippen LogP contribution in [-0.2, 0) is 21.0 Å². The van der Waals surface area contributed by atoms with E-state index < -0.39 is 27.4 Å². The van der Waals surface area contributed by atoms with Crippen LogP contribution in [0.25, 0.3) is 0 Å². The second-order valence-electron chi connectivity index (χ2n) is 8.93. The van der Waals surface area contributed by atoms with Gasteiger partial charge in [-0.2, -0.15) is 17.5 Å². The highest BCUT2D eigenvalue weighted by Crippen LogP contribution is 2.38. The highest BCUT2D eigenvalue weighted by molar-refractivity contribution is 7.89. The smallest absolute Gasteiger partial charge is 0.320 e. The predicted molar refractivity (Wildman–Crippen MR) is 115 cm³/mol. The van der Waals surface area contributed by atoms with Gasteiger partial charge in [0.2, 0.25) is 15.9 Å². The summed E-state index contributed by atoms with van der Waals surface area (Å²) in [5, 5.41) is 3.52. The van der Waals surface area contributed by atoms with Crippen LogP contribution in [0.4, 0.5) is 13.2 Å². The van der Waals surface area contributed by atoms with Crippen molar-refractivity contribution in [3.8, 4) is 0 Å². The van der Waals surface area contributed by atoms with Crippen molar-refractivity contribution in [2.45, 2.75) is 82.2 Å². The van der Waals surface area contributed by atoms with E-state index in [-0.39, 0.29) is 41.9 Å². The van der Waals surface area contributed by atoms with Crippen molar-refractivity contribution in [2.24, 2.45) is 5.92 Å². The van der Waals surface area contributed by atoms with E-state index in [1.165, 1.54) is 10.4 Å². The third-order valence-corrected chi connectivity index (χ3v) is 8.88. The average Bonchev–Trinajstić information content (AvgIpc) is 3.04. The van der Waals surface area contributed by atoms with Gasteiger partial charge in [0.15, 0.2) is 0 Å². The summed E-state index contributed by atoms with van der Waals surface area (Å²) in [4.78, 5) is 14.8. The molecule has 0 saturated carbocycles. The van der Waals surface area contributed by atoms with E-state index in [0.29, 0.717) is 18.9 Å². The van der Waals surface area contributed by atoms with Gasteiger partial charge in [-0.1, -0.05) is 33.3 Å². The normalized spacial score (nSPS) is 24.2. The van der Waals surface area contributed by atoms with Gasteiger partial charge in [0, 0.05) is 19.1 Å². The molecular formula is C22H32F3N3O3S. The summed E-state index contributed by atoms with van der Waals surface area (Å²) < 4.78 is 66.6. The lowest BCUT2D eigenvalue weighted by Crippen LogP contribution is -2.61. The van der Waals surface area contributed by atoms with E-state index in [1.54, 1.807) is 0 Å². The third kappa shape index (κ3) is 4.41. The van der Waals surface area contributed by atoms with Gasteiger partial charge in [-0.3, -0.25) is 10.1 Å². The second-order valence-corrected chi connectivity index (χ2v) is 10.9. The summed E-state index contributed by atoms with van der Waals surface area (Å²) in [6.45, 7) is 8.30. The summed E-state index contributed by atoms with van der Waals surface area (Å²) in [6.07, 6.45) is -2.24. The summed E-state index contributed by atoms with van der Waals surface area (Å²) >= 11 is 0. The molecule has 32 heavy (non-hydrogen) atoms. The molecule has 2 aliphatic rings. The summed E-state index contributed by atoms with van der Waals surface area (Å²) in [6, 6.07) is 3.52. The SMILES string of the molecule is CC[C@@H](C)N1C(=O)[C@@H]([C@@H](C)CC)NC12CCN(S(=O)(=O)c1cccc(C(F)(F)F)c1)CC2. The topological polar surface area (TPSA) is 69.7 Å². The lowest BCUT2D eigenvalue weighted by Gasteiger charge is -2.46. The van der Waals surface area contributed by atoms with Gasteiger partial charge in [0.25, 0.3) is 0 Å². The maximum Gasteiger partial charge on any atom is 0.416 e. The number of piperidine rings is 1. The minimum absolute atomic E-state index is 0.00400. The van der Waals surface area contributed by atoms with Crippen molar-refractivity contribution in [3.05, 3.63) is 29.8 Å². The van der Waals surface area contributed by atoms with Gasteiger partial charge in [-0.15, -0.1) is 0 Å². The number of carbonyl (C=O) groups is 1. The standard InChI is InChI=1S/C22H32F3N3O3S/c1-5-15(3)19-20(29)28(16(4)6-2)21(26-19)10-12-27(13-11-21)32(30,31)18-9-7-8-17(14-18)22(23,24)25/h7-9,14-16,19,26H,5-6,10-13H2,1-4H3/t15-,16+,19+/m0/s1. The number of sulfonamides is 1. The lowest BCUT2D eigenvalue weighted by molar-refractivity contribution is -0.138. The molecule has 0 unspecified atom stereocenters. The molecule has 3 atom stereocenters. The Kier molecular flexibility index (Phi) is 6.98. The second kappa shape index (κ2) is 8.95. The first-order valence-corrected chi connectivity index (χ1v) is 12.6. The van der Waals surface area contributed by atoms with E-state index in [2.05, 4.69) is 5.32 Å². The Labute approximate surface area is 188 Å². The molecular weight excluding hydrogens is 443 g/mol. The number of carbonyl (C=O) groups excluding carboxylic acids is 1. The van der Waals surface area contributed by atoms with Crippen LogP contribution in [0.1, 0.15) is 58.9 Å². The zero-order chi connectivity index (χ0) is 23.9. The summed E-state index contributed by atoms with van der Waals surface area (Å²) in [5.74, 6) is 0.184. The molecule has 0 radical (unpaired) electrons. The fourth-order valence-electron chi connectivity index (χ4n) is 4.69. The van der Waals surface area contributed by atoms with Crippen molar-refractivity contribution >= 4 is 15.9 Å². The Hall–Kier alpha value is -1.65. The van der Waals surface area contributed by atoms with Crippen LogP contribution in [0, 0.1) is 5.92 Å². The molecule has 3 rings (SSSR count). The average molecular weight is 476 g/mol. The molecule has 0 bridgehead atoms. The molecule has 180 valence electrons. The van der Waals surface area contributed by atoms with Crippen molar-refractivity contribution in [3.63, 3.8) is 0 Å². The van der Waals surface area contributed by atoms with Gasteiger partial charge < -0.3 is 4.90 Å². The molecule has 1 aromatic carbocycles. The number of benzene rings is 1. The molecule has 1 spiro atoms. The van der Waals surface area contributed by atoms with Crippen LogP contribution in [0.3, 0.4) is 0 Å². The van der Waals surface area contributed by atoms with Gasteiger partial charge in [-0.25, -0.2) is 8.42 Å². The molecule has 1 N–H and O–H groups in total. The third-order valence-electron chi connectivity index (χ3n) is 6.98. The molecule has 0 aromatic heterocycles. The minimum Gasteiger partial charge on any atom is -0.320 e. The predicted octanol–water partition coefficient (Wildman–Crippen LogP) is 3.83. The van der Waals surface area contributed by atoms with E-state index in [4.69, 9.17) is 0 Å². The van der Waals surface area contributed by atoms with Gasteiger partial charge in [0.1, 0.15) is 0 Å². The van der Waals surface area contributed by atoms with Gasteiger partial charge in [0.05, 0.1) is 22.2 Å². The highest BCUT2D eigenvalue weighted by Gasteiger charge is 2.54. The number of nitrogens with one attached hydrogen (secondary N) is 1. The first-order valence-electron chi connectivity index (χ1n) is 11.2. The molecule has 2 heterocycles. The lowest BCUT2D eigenvalue weighted by atomic mass is 9.95. The zero-order valence-corrected chi connectivity index (χ0v) is 19.8. The molecule has 2 fully saturated rings. The number of hydrogen-bond acceptors (Lipinski definition) is 4. The number of amides is 1. The number of nitrogens with zero attached hydrogens (tertiary/aromatic N) is 2. The molecule has 6 nitrogen and oxygen atoms in total. The first-order chi connectivity index (χ1) is 14.9.